The molecule has 5 nitrogen and oxygen atoms in total. The summed E-state index contributed by atoms with van der Waals surface area (Å²) < 4.78 is 11.0. The molecule has 0 N–H and O–H groups in total. The van der Waals surface area contributed by atoms with Gasteiger partial charge in [-0.2, -0.15) is 5.26 Å². The fraction of sp³-hybridized carbons (Fsp3) is 0.619. The molecule has 1 aliphatic heterocycles. The molecule has 0 aromatic heterocycles. The van der Waals surface area contributed by atoms with Crippen LogP contribution in [0.3, 0.4) is 0 Å². The van der Waals surface area contributed by atoms with Crippen LogP contribution in [0.2, 0.25) is 0 Å². The van der Waals surface area contributed by atoms with E-state index in [-0.39, 0.29) is 5.91 Å². The molecule has 2 fully saturated rings. The largest absolute Gasteiger partial charge is 0.493 e. The van der Waals surface area contributed by atoms with Crippen molar-refractivity contribution in [2.45, 2.75) is 57.4 Å². The van der Waals surface area contributed by atoms with Crippen LogP contribution in [0.1, 0.15) is 56.9 Å². The van der Waals surface area contributed by atoms with Crippen molar-refractivity contribution in [1.29, 1.82) is 5.26 Å². The molecule has 0 unspecified atom stereocenters. The Hall–Kier alpha value is -2.22. The van der Waals surface area contributed by atoms with Gasteiger partial charge >= 0.3 is 0 Å². The van der Waals surface area contributed by atoms with Crippen molar-refractivity contribution >= 4 is 5.91 Å². The van der Waals surface area contributed by atoms with Crippen LogP contribution in [0.15, 0.2) is 18.2 Å². The second-order valence-electron chi connectivity index (χ2n) is 7.27. The molecule has 1 amide bonds. The Labute approximate surface area is 155 Å². The van der Waals surface area contributed by atoms with Crippen molar-refractivity contribution in [3.05, 3.63) is 23.8 Å². The smallest absolute Gasteiger partial charge is 0.222 e. The van der Waals surface area contributed by atoms with E-state index in [1.54, 1.807) is 25.3 Å². The first kappa shape index (κ1) is 18.6. The Bertz CT molecular complexity index is 666. The van der Waals surface area contributed by atoms with E-state index < -0.39 is 0 Å². The molecule has 0 spiro atoms. The second-order valence-corrected chi connectivity index (χ2v) is 7.27. The lowest BCUT2D eigenvalue weighted by atomic mass is 9.78. The van der Waals surface area contributed by atoms with Crippen LogP contribution < -0.4 is 9.47 Å². The standard InChI is InChI=1S/C21H28N2O3/c1-25-20-14-16(15-22)10-11-19(20)26-13-5-9-21(24)23-12-4-7-17-6-2-3-8-18(17)23/h10-11,14,17-18H,2-9,12-13H2,1H3/t17-,18+/m1/s1. The quantitative estimate of drug-likeness (QED) is 0.725. The van der Waals surface area contributed by atoms with Crippen molar-refractivity contribution in [2.24, 2.45) is 5.92 Å². The first-order chi connectivity index (χ1) is 12.7. The van der Waals surface area contributed by atoms with Crippen molar-refractivity contribution in [3.8, 4) is 17.6 Å². The van der Waals surface area contributed by atoms with Crippen molar-refractivity contribution in [3.63, 3.8) is 0 Å². The predicted octanol–water partition coefficient (Wildman–Crippen LogP) is 3.91. The van der Waals surface area contributed by atoms with Gasteiger partial charge in [0.05, 0.1) is 25.3 Å². The fourth-order valence-electron chi connectivity index (χ4n) is 4.34. The zero-order valence-corrected chi connectivity index (χ0v) is 15.6. The minimum absolute atomic E-state index is 0.275. The normalized spacial score (nSPS) is 22.2. The highest BCUT2D eigenvalue weighted by atomic mass is 16.5. The maximum atomic E-state index is 12.7. The van der Waals surface area contributed by atoms with Gasteiger partial charge in [-0.05, 0) is 50.2 Å². The highest BCUT2D eigenvalue weighted by Gasteiger charge is 2.35. The molecule has 26 heavy (non-hydrogen) atoms. The molecule has 140 valence electrons. The molecule has 0 radical (unpaired) electrons. The number of piperidine rings is 1. The second kappa shape index (κ2) is 8.93. The summed E-state index contributed by atoms with van der Waals surface area (Å²) in [5.41, 5.74) is 0.538. The van der Waals surface area contributed by atoms with E-state index in [9.17, 15) is 4.79 Å². The topological polar surface area (TPSA) is 62.6 Å². The molecular formula is C21H28N2O3. The van der Waals surface area contributed by atoms with Crippen LogP contribution in [-0.4, -0.2) is 37.1 Å². The Morgan fingerprint density at radius 3 is 2.85 bits per heavy atom. The number of methoxy groups -OCH3 is 1. The third-order valence-electron chi connectivity index (χ3n) is 5.65. The van der Waals surface area contributed by atoms with E-state index in [0.717, 1.165) is 18.9 Å². The molecule has 3 rings (SSSR count). The third kappa shape index (κ3) is 4.30. The molecule has 5 heteroatoms. The van der Waals surface area contributed by atoms with Gasteiger partial charge in [-0.25, -0.2) is 0 Å². The van der Waals surface area contributed by atoms with Gasteiger partial charge in [-0.3, -0.25) is 4.79 Å². The Kier molecular flexibility index (Phi) is 6.38. The monoisotopic (exact) mass is 356 g/mol. The maximum Gasteiger partial charge on any atom is 0.222 e. The summed E-state index contributed by atoms with van der Waals surface area (Å²) in [6.07, 6.45) is 8.70. The minimum atomic E-state index is 0.275. The van der Waals surface area contributed by atoms with Crippen LogP contribution in [0, 0.1) is 17.2 Å². The number of fused-ring (bicyclic) bond motifs is 1. The molecule has 1 saturated carbocycles. The third-order valence-corrected chi connectivity index (χ3v) is 5.65. The summed E-state index contributed by atoms with van der Waals surface area (Å²) in [6, 6.07) is 7.68. The first-order valence-electron chi connectivity index (χ1n) is 9.73. The highest BCUT2D eigenvalue weighted by Crippen LogP contribution is 2.35. The number of rotatable bonds is 6. The lowest BCUT2D eigenvalue weighted by Crippen LogP contribution is -2.49. The lowest BCUT2D eigenvalue weighted by Gasteiger charge is -2.44. The van der Waals surface area contributed by atoms with Gasteiger partial charge in [0.25, 0.3) is 0 Å². The average Bonchev–Trinajstić information content (AvgIpc) is 2.70. The number of likely N-dealkylation sites (tertiary alicyclic amines) is 1. The summed E-state index contributed by atoms with van der Waals surface area (Å²) >= 11 is 0. The molecular weight excluding hydrogens is 328 g/mol. The maximum absolute atomic E-state index is 12.7. The van der Waals surface area contributed by atoms with Crippen LogP contribution in [0.4, 0.5) is 0 Å². The zero-order chi connectivity index (χ0) is 18.4. The molecule has 1 aromatic rings. The number of hydrogen-bond donors (Lipinski definition) is 0. The number of nitriles is 1. The molecule has 1 heterocycles. The molecule has 1 saturated heterocycles. The van der Waals surface area contributed by atoms with E-state index in [1.165, 1.54) is 32.1 Å². The summed E-state index contributed by atoms with van der Waals surface area (Å²) in [5.74, 6) is 2.17. The summed E-state index contributed by atoms with van der Waals surface area (Å²) in [4.78, 5) is 14.8. The molecule has 2 aliphatic rings. The molecule has 0 bridgehead atoms. The van der Waals surface area contributed by atoms with Crippen LogP contribution >= 0.6 is 0 Å². The number of carbonyl (C=O) groups excluding carboxylic acids is 1. The minimum Gasteiger partial charge on any atom is -0.493 e. The van der Waals surface area contributed by atoms with Gasteiger partial charge in [0.1, 0.15) is 0 Å². The Morgan fingerprint density at radius 1 is 1.23 bits per heavy atom. The van der Waals surface area contributed by atoms with Gasteiger partial charge in [0.15, 0.2) is 11.5 Å². The van der Waals surface area contributed by atoms with Crippen molar-refractivity contribution in [1.82, 2.24) is 4.90 Å². The van der Waals surface area contributed by atoms with Crippen molar-refractivity contribution < 1.29 is 14.3 Å². The Balaban J connectivity index is 1.47. The first-order valence-corrected chi connectivity index (χ1v) is 9.73. The van der Waals surface area contributed by atoms with Crippen LogP contribution in [0.5, 0.6) is 11.5 Å². The van der Waals surface area contributed by atoms with Crippen molar-refractivity contribution in [2.75, 3.05) is 20.3 Å². The predicted molar refractivity (Wildman–Crippen MR) is 99.1 cm³/mol. The molecule has 1 aliphatic carbocycles. The van der Waals surface area contributed by atoms with Gasteiger partial charge in [0, 0.05) is 25.1 Å². The van der Waals surface area contributed by atoms with Gasteiger partial charge in [-0.1, -0.05) is 12.8 Å². The lowest BCUT2D eigenvalue weighted by molar-refractivity contribution is -0.137. The van der Waals surface area contributed by atoms with Crippen LogP contribution in [0.25, 0.3) is 0 Å². The van der Waals surface area contributed by atoms with Gasteiger partial charge in [0.2, 0.25) is 5.91 Å². The van der Waals surface area contributed by atoms with E-state index in [1.807, 2.05) is 0 Å². The van der Waals surface area contributed by atoms with E-state index in [0.29, 0.717) is 42.6 Å². The van der Waals surface area contributed by atoms with E-state index in [4.69, 9.17) is 14.7 Å². The number of nitrogens with zero attached hydrogens (tertiary/aromatic N) is 2. The number of ether oxygens (including phenoxy) is 2. The highest BCUT2D eigenvalue weighted by molar-refractivity contribution is 5.76. The number of benzene rings is 1. The summed E-state index contributed by atoms with van der Waals surface area (Å²) in [7, 11) is 1.56. The van der Waals surface area contributed by atoms with E-state index >= 15 is 0 Å². The number of carbonyl (C=O) groups is 1. The Morgan fingerprint density at radius 2 is 2.04 bits per heavy atom. The summed E-state index contributed by atoms with van der Waals surface area (Å²) in [6.45, 7) is 1.39. The SMILES string of the molecule is COc1cc(C#N)ccc1OCCCC(=O)N1CCC[C@H]2CCCC[C@@H]21. The zero-order valence-electron chi connectivity index (χ0n) is 15.6. The number of hydrogen-bond acceptors (Lipinski definition) is 4. The van der Waals surface area contributed by atoms with Gasteiger partial charge < -0.3 is 14.4 Å². The molecule has 1 aromatic carbocycles. The number of amides is 1. The van der Waals surface area contributed by atoms with Crippen LogP contribution in [-0.2, 0) is 4.79 Å². The average molecular weight is 356 g/mol. The molecule has 2 atom stereocenters. The fourth-order valence-corrected chi connectivity index (χ4v) is 4.34. The van der Waals surface area contributed by atoms with E-state index in [2.05, 4.69) is 11.0 Å². The van der Waals surface area contributed by atoms with Gasteiger partial charge in [-0.15, -0.1) is 0 Å². The summed E-state index contributed by atoms with van der Waals surface area (Å²) in [5, 5.41) is 8.94.